The molecule has 32 heavy (non-hydrogen) atoms. The normalized spacial score (nSPS) is 15.0. The minimum Gasteiger partial charge on any atom is -0.325 e. The third kappa shape index (κ3) is 6.15. The van der Waals surface area contributed by atoms with E-state index in [0.29, 0.717) is 24.5 Å². The molecular formula is C21H26N4O5S2. The topological polar surface area (TPSA) is 125 Å². The highest BCUT2D eigenvalue weighted by atomic mass is 32.2. The van der Waals surface area contributed by atoms with Crippen LogP contribution in [-0.2, 0) is 24.8 Å². The second-order valence-electron chi connectivity index (χ2n) is 7.39. The van der Waals surface area contributed by atoms with Gasteiger partial charge < -0.3 is 5.32 Å². The van der Waals surface area contributed by atoms with Gasteiger partial charge in [0, 0.05) is 25.7 Å². The number of nitrogens with one attached hydrogen (secondary N) is 2. The number of carbonyl (C=O) groups is 1. The van der Waals surface area contributed by atoms with Crippen LogP contribution in [0.4, 0.5) is 5.69 Å². The first-order valence-electron chi connectivity index (χ1n) is 10.2. The predicted octanol–water partition coefficient (Wildman–Crippen LogP) is 2.20. The van der Waals surface area contributed by atoms with Gasteiger partial charge in [-0.3, -0.25) is 14.5 Å². The third-order valence-electron chi connectivity index (χ3n) is 4.89. The smallest absolute Gasteiger partial charge is 0.262 e. The lowest BCUT2D eigenvalue weighted by molar-refractivity contribution is -0.116. The van der Waals surface area contributed by atoms with Gasteiger partial charge in [-0.2, -0.15) is 4.31 Å². The number of likely N-dealkylation sites (N-methyl/N-ethyl adjacent to an activating group) is 1. The standard InChI is InChI=1S/C21H26N4O5S2/c1-25(32(29,30)19-8-4-2-5-9-19)16-21(26)23-17-11-13-18(14-12-17)31(27,28)24-20-10-6-3-7-15-22-20/h2,4-5,8-9,11-14H,3,6-7,10,15-16H2,1H3,(H,22,24)(H,23,26). The van der Waals surface area contributed by atoms with Crippen LogP contribution in [0.15, 0.2) is 69.4 Å². The Morgan fingerprint density at radius 1 is 0.938 bits per heavy atom. The summed E-state index contributed by atoms with van der Waals surface area (Å²) in [4.78, 5) is 16.7. The van der Waals surface area contributed by atoms with Crippen molar-refractivity contribution in [3.8, 4) is 0 Å². The molecule has 1 heterocycles. The van der Waals surface area contributed by atoms with Crippen LogP contribution in [0.1, 0.15) is 25.7 Å². The lowest BCUT2D eigenvalue weighted by atomic mass is 10.2. The van der Waals surface area contributed by atoms with E-state index in [4.69, 9.17) is 0 Å². The van der Waals surface area contributed by atoms with Crippen molar-refractivity contribution >= 4 is 37.5 Å². The fraction of sp³-hybridized carbons (Fsp3) is 0.333. The largest absolute Gasteiger partial charge is 0.325 e. The van der Waals surface area contributed by atoms with Gasteiger partial charge in [0.15, 0.2) is 0 Å². The predicted molar refractivity (Wildman–Crippen MR) is 122 cm³/mol. The van der Waals surface area contributed by atoms with Crippen LogP contribution in [0.2, 0.25) is 0 Å². The first-order chi connectivity index (χ1) is 15.2. The monoisotopic (exact) mass is 478 g/mol. The van der Waals surface area contributed by atoms with Gasteiger partial charge in [-0.25, -0.2) is 16.8 Å². The Labute approximate surface area is 188 Å². The van der Waals surface area contributed by atoms with Crippen LogP contribution in [0.25, 0.3) is 0 Å². The lowest BCUT2D eigenvalue weighted by Crippen LogP contribution is -2.35. The van der Waals surface area contributed by atoms with Crippen LogP contribution in [0.3, 0.4) is 0 Å². The molecule has 0 spiro atoms. The minimum absolute atomic E-state index is 0.0474. The fourth-order valence-corrected chi connectivity index (χ4v) is 5.39. The maximum atomic E-state index is 12.6. The average Bonchev–Trinajstić information content (AvgIpc) is 3.02. The van der Waals surface area contributed by atoms with Crippen LogP contribution in [0, 0.1) is 0 Å². The van der Waals surface area contributed by atoms with Gasteiger partial charge in [0.05, 0.1) is 16.3 Å². The molecule has 2 aromatic rings. The molecule has 0 radical (unpaired) electrons. The number of hydrogen-bond acceptors (Lipinski definition) is 6. The van der Waals surface area contributed by atoms with E-state index in [1.54, 1.807) is 18.2 Å². The van der Waals surface area contributed by atoms with Crippen molar-refractivity contribution < 1.29 is 21.6 Å². The Morgan fingerprint density at radius 2 is 1.62 bits per heavy atom. The molecule has 0 saturated heterocycles. The Morgan fingerprint density at radius 3 is 2.31 bits per heavy atom. The quantitative estimate of drug-likeness (QED) is 0.631. The number of amides is 1. The van der Waals surface area contributed by atoms with Crippen LogP contribution in [-0.4, -0.2) is 53.0 Å². The van der Waals surface area contributed by atoms with Crippen LogP contribution >= 0.6 is 0 Å². The molecule has 0 fully saturated rings. The van der Waals surface area contributed by atoms with Gasteiger partial charge in [0.1, 0.15) is 5.84 Å². The van der Waals surface area contributed by atoms with Crippen molar-refractivity contribution in [3.63, 3.8) is 0 Å². The summed E-state index contributed by atoms with van der Waals surface area (Å²) in [6, 6.07) is 13.5. The van der Waals surface area contributed by atoms with Crippen molar-refractivity contribution in [2.24, 2.45) is 4.99 Å². The highest BCUT2D eigenvalue weighted by molar-refractivity contribution is 7.90. The second-order valence-corrected chi connectivity index (χ2v) is 11.1. The summed E-state index contributed by atoms with van der Waals surface area (Å²) in [7, 11) is -6.25. The molecule has 1 amide bonds. The summed E-state index contributed by atoms with van der Waals surface area (Å²) in [5, 5.41) is 2.58. The maximum absolute atomic E-state index is 12.6. The van der Waals surface area contributed by atoms with Gasteiger partial charge >= 0.3 is 0 Å². The zero-order valence-corrected chi connectivity index (χ0v) is 19.3. The van der Waals surface area contributed by atoms with Crippen LogP contribution in [0.5, 0.6) is 0 Å². The van der Waals surface area contributed by atoms with Gasteiger partial charge in [0.25, 0.3) is 10.0 Å². The molecule has 0 aromatic heterocycles. The number of nitrogens with zero attached hydrogens (tertiary/aromatic N) is 2. The molecule has 1 aliphatic heterocycles. The molecule has 172 valence electrons. The average molecular weight is 479 g/mol. The molecule has 1 aliphatic rings. The van der Waals surface area contributed by atoms with E-state index in [1.165, 1.54) is 43.4 Å². The molecule has 11 heteroatoms. The molecular weight excluding hydrogens is 452 g/mol. The highest BCUT2D eigenvalue weighted by Crippen LogP contribution is 2.17. The van der Waals surface area contributed by atoms with Crippen LogP contribution < -0.4 is 10.0 Å². The van der Waals surface area contributed by atoms with E-state index >= 15 is 0 Å². The number of sulfonamides is 2. The Hall–Kier alpha value is -2.76. The number of aliphatic imine (C=N–C) groups is 1. The van der Waals surface area contributed by atoms with E-state index in [9.17, 15) is 21.6 Å². The van der Waals surface area contributed by atoms with E-state index in [0.717, 1.165) is 23.6 Å². The Balaban J connectivity index is 1.61. The number of rotatable bonds is 7. The molecule has 0 atom stereocenters. The van der Waals surface area contributed by atoms with E-state index in [-0.39, 0.29) is 9.79 Å². The molecule has 9 nitrogen and oxygen atoms in total. The zero-order valence-electron chi connectivity index (χ0n) is 17.7. The number of anilines is 1. The summed E-state index contributed by atoms with van der Waals surface area (Å²) in [6.07, 6.45) is 3.44. The molecule has 0 saturated carbocycles. The van der Waals surface area contributed by atoms with Crippen molar-refractivity contribution in [1.29, 1.82) is 0 Å². The molecule has 0 aliphatic carbocycles. The van der Waals surface area contributed by atoms with Crippen molar-refractivity contribution in [2.45, 2.75) is 35.5 Å². The van der Waals surface area contributed by atoms with E-state index < -0.39 is 32.5 Å². The Kier molecular flexibility index (Phi) is 7.64. The van der Waals surface area contributed by atoms with Gasteiger partial charge in [0.2, 0.25) is 15.9 Å². The van der Waals surface area contributed by atoms with Crippen molar-refractivity contribution in [2.75, 3.05) is 25.5 Å². The van der Waals surface area contributed by atoms with Gasteiger partial charge in [-0.1, -0.05) is 24.6 Å². The highest BCUT2D eigenvalue weighted by Gasteiger charge is 2.23. The summed E-state index contributed by atoms with van der Waals surface area (Å²) in [5.41, 5.74) is 0.353. The molecule has 0 unspecified atom stereocenters. The Bertz CT molecular complexity index is 1180. The van der Waals surface area contributed by atoms with Crippen molar-refractivity contribution in [3.05, 3.63) is 54.6 Å². The molecule has 2 N–H and O–H groups in total. The van der Waals surface area contributed by atoms with Crippen molar-refractivity contribution in [1.82, 2.24) is 9.03 Å². The first kappa shape index (κ1) is 23.9. The second kappa shape index (κ2) is 10.2. The molecule has 3 rings (SSSR count). The van der Waals surface area contributed by atoms with E-state index in [1.807, 2.05) is 0 Å². The summed E-state index contributed by atoms with van der Waals surface area (Å²) in [5.74, 6) is -0.0870. The molecule has 2 aromatic carbocycles. The van der Waals surface area contributed by atoms with Gasteiger partial charge in [-0.15, -0.1) is 0 Å². The van der Waals surface area contributed by atoms with E-state index in [2.05, 4.69) is 15.0 Å². The number of carbonyl (C=O) groups excluding carboxylic acids is 1. The minimum atomic E-state index is -3.80. The molecule has 0 bridgehead atoms. The fourth-order valence-electron chi connectivity index (χ4n) is 3.15. The van der Waals surface area contributed by atoms with Gasteiger partial charge in [-0.05, 0) is 49.2 Å². The lowest BCUT2D eigenvalue weighted by Gasteiger charge is -2.17. The maximum Gasteiger partial charge on any atom is 0.262 e. The zero-order chi connectivity index (χ0) is 23.2. The first-order valence-corrected chi connectivity index (χ1v) is 13.1. The summed E-state index contributed by atoms with van der Waals surface area (Å²) >= 11 is 0. The third-order valence-corrected chi connectivity index (χ3v) is 8.11. The summed E-state index contributed by atoms with van der Waals surface area (Å²) in [6.45, 7) is 0.218. The SMILES string of the molecule is CN(CC(=O)Nc1ccc(S(=O)(=O)NC2=NCCCCC2)cc1)S(=O)(=O)c1ccccc1. The number of benzene rings is 2. The number of amidine groups is 1. The number of hydrogen-bond donors (Lipinski definition) is 2. The summed E-state index contributed by atoms with van der Waals surface area (Å²) < 4.78 is 53.7.